The van der Waals surface area contributed by atoms with Crippen LogP contribution in [0.25, 0.3) is 11.1 Å². The molecule has 208 valence electrons. The van der Waals surface area contributed by atoms with Crippen molar-refractivity contribution in [2.45, 2.75) is 70.1 Å². The molecule has 2 fully saturated rings. The van der Waals surface area contributed by atoms with Crippen LogP contribution >= 0.6 is 0 Å². The fourth-order valence-corrected chi connectivity index (χ4v) is 6.11. The Morgan fingerprint density at radius 2 is 1.56 bits per heavy atom. The van der Waals surface area contributed by atoms with Crippen molar-refractivity contribution in [2.24, 2.45) is 5.92 Å². The van der Waals surface area contributed by atoms with Crippen LogP contribution in [0.4, 0.5) is 9.59 Å². The molecule has 39 heavy (non-hydrogen) atoms. The van der Waals surface area contributed by atoms with Gasteiger partial charge in [-0.1, -0.05) is 48.5 Å². The fraction of sp³-hybridized carbons (Fsp3) is 0.516. The third-order valence-corrected chi connectivity index (χ3v) is 8.03. The number of esters is 1. The van der Waals surface area contributed by atoms with E-state index in [-0.39, 0.29) is 42.6 Å². The molecule has 0 aromatic heterocycles. The molecule has 1 atom stereocenters. The number of nitrogens with zero attached hydrogens (tertiary/aromatic N) is 2. The monoisotopic (exact) mass is 534 g/mol. The minimum atomic E-state index is -0.599. The molecule has 1 aliphatic heterocycles. The molecule has 0 radical (unpaired) electrons. The van der Waals surface area contributed by atoms with Crippen molar-refractivity contribution in [2.75, 3.05) is 26.8 Å². The molecule has 1 saturated carbocycles. The zero-order chi connectivity index (χ0) is 27.7. The quantitative estimate of drug-likeness (QED) is 0.367. The Kier molecular flexibility index (Phi) is 7.56. The van der Waals surface area contributed by atoms with E-state index in [0.717, 1.165) is 24.0 Å². The number of likely N-dealkylation sites (tertiary alicyclic amines) is 1. The normalized spacial score (nSPS) is 22.3. The van der Waals surface area contributed by atoms with E-state index in [1.807, 2.05) is 45.0 Å². The van der Waals surface area contributed by atoms with E-state index in [4.69, 9.17) is 14.2 Å². The van der Waals surface area contributed by atoms with Crippen molar-refractivity contribution < 1.29 is 28.6 Å². The van der Waals surface area contributed by atoms with E-state index in [1.165, 1.54) is 18.2 Å². The minimum Gasteiger partial charge on any atom is -0.469 e. The molecule has 2 aromatic rings. The van der Waals surface area contributed by atoms with E-state index in [0.29, 0.717) is 25.9 Å². The smallest absolute Gasteiger partial charge is 0.410 e. The fourth-order valence-electron chi connectivity index (χ4n) is 6.11. The number of piperidine rings is 1. The molecule has 1 unspecified atom stereocenters. The number of carbonyl (C=O) groups is 3. The highest BCUT2D eigenvalue weighted by molar-refractivity contribution is 5.79. The summed E-state index contributed by atoms with van der Waals surface area (Å²) in [6, 6.07) is 16.1. The van der Waals surface area contributed by atoms with Crippen molar-refractivity contribution in [3.05, 3.63) is 59.7 Å². The molecule has 8 nitrogen and oxygen atoms in total. The molecule has 1 saturated heterocycles. The standard InChI is InChI=1S/C31H38N2O6/c1-31(2,3)39-29(35)32-15-9-10-21(18-32)33(22-16-20(17-22)28(34)37-4)30(36)38-19-27-25-13-7-5-11-23(25)24-12-6-8-14-26(24)27/h5-8,11-14,20-22,27H,9-10,15-19H2,1-4H3. The average molecular weight is 535 g/mol. The highest BCUT2D eigenvalue weighted by atomic mass is 16.6. The van der Waals surface area contributed by atoms with Gasteiger partial charge < -0.3 is 24.0 Å². The van der Waals surface area contributed by atoms with Crippen LogP contribution in [0.3, 0.4) is 0 Å². The average Bonchev–Trinajstić information content (AvgIpc) is 3.21. The lowest BCUT2D eigenvalue weighted by atomic mass is 9.78. The molecular formula is C31H38N2O6. The number of rotatable bonds is 5. The summed E-state index contributed by atoms with van der Waals surface area (Å²) in [5, 5.41) is 0. The maximum atomic E-state index is 13.8. The van der Waals surface area contributed by atoms with Gasteiger partial charge in [0.1, 0.15) is 12.2 Å². The Balaban J connectivity index is 1.32. The van der Waals surface area contributed by atoms with Crippen LogP contribution in [-0.2, 0) is 19.0 Å². The maximum Gasteiger partial charge on any atom is 0.410 e. The number of hydrogen-bond donors (Lipinski definition) is 0. The Labute approximate surface area is 230 Å². The Hall–Kier alpha value is -3.55. The van der Waals surface area contributed by atoms with Crippen molar-refractivity contribution in [3.8, 4) is 11.1 Å². The van der Waals surface area contributed by atoms with Crippen LogP contribution in [-0.4, -0.2) is 72.4 Å². The van der Waals surface area contributed by atoms with Crippen molar-refractivity contribution in [1.82, 2.24) is 9.80 Å². The second-order valence-electron chi connectivity index (χ2n) is 11.8. The van der Waals surface area contributed by atoms with Gasteiger partial charge in [0.15, 0.2) is 0 Å². The van der Waals surface area contributed by atoms with Crippen molar-refractivity contribution in [1.29, 1.82) is 0 Å². The first-order valence-corrected chi connectivity index (χ1v) is 13.9. The molecule has 3 aliphatic rings. The summed E-state index contributed by atoms with van der Waals surface area (Å²) >= 11 is 0. The van der Waals surface area contributed by atoms with Crippen molar-refractivity contribution in [3.63, 3.8) is 0 Å². The van der Waals surface area contributed by atoms with Crippen LogP contribution in [0.15, 0.2) is 48.5 Å². The lowest BCUT2D eigenvalue weighted by Gasteiger charge is -2.47. The van der Waals surface area contributed by atoms with Crippen LogP contribution in [0.2, 0.25) is 0 Å². The summed E-state index contributed by atoms with van der Waals surface area (Å²) in [6.07, 6.45) is 1.79. The van der Waals surface area contributed by atoms with Gasteiger partial charge >= 0.3 is 18.2 Å². The Bertz CT molecular complexity index is 1190. The number of benzene rings is 2. The van der Waals surface area contributed by atoms with Gasteiger partial charge in [-0.05, 0) is 68.7 Å². The SMILES string of the molecule is COC(=O)C1CC(N(C(=O)OCC2c3ccccc3-c3ccccc32)C2CCCN(C(=O)OC(C)(C)C)C2)C1. The molecular weight excluding hydrogens is 496 g/mol. The number of carbonyl (C=O) groups excluding carboxylic acids is 3. The zero-order valence-corrected chi connectivity index (χ0v) is 23.2. The number of ether oxygens (including phenoxy) is 3. The number of amides is 2. The molecule has 5 rings (SSSR count). The van der Waals surface area contributed by atoms with Gasteiger partial charge in [0, 0.05) is 25.0 Å². The second kappa shape index (κ2) is 10.9. The lowest BCUT2D eigenvalue weighted by Crippen LogP contribution is -2.59. The molecule has 8 heteroatoms. The largest absolute Gasteiger partial charge is 0.469 e. The van der Waals surface area contributed by atoms with Gasteiger partial charge in [-0.2, -0.15) is 0 Å². The number of hydrogen-bond acceptors (Lipinski definition) is 6. The van der Waals surface area contributed by atoms with Gasteiger partial charge in [0.25, 0.3) is 0 Å². The van der Waals surface area contributed by atoms with E-state index in [9.17, 15) is 14.4 Å². The third kappa shape index (κ3) is 5.60. The lowest BCUT2D eigenvalue weighted by molar-refractivity contribution is -0.151. The van der Waals surface area contributed by atoms with Gasteiger partial charge in [-0.3, -0.25) is 4.79 Å². The van der Waals surface area contributed by atoms with Gasteiger partial charge in [-0.25, -0.2) is 9.59 Å². The molecule has 0 N–H and O–H groups in total. The van der Waals surface area contributed by atoms with Crippen LogP contribution < -0.4 is 0 Å². The molecule has 2 aromatic carbocycles. The number of fused-ring (bicyclic) bond motifs is 3. The topological polar surface area (TPSA) is 85.4 Å². The van der Waals surface area contributed by atoms with E-state index in [1.54, 1.807) is 9.80 Å². The minimum absolute atomic E-state index is 0.0444. The van der Waals surface area contributed by atoms with E-state index in [2.05, 4.69) is 24.3 Å². The maximum absolute atomic E-state index is 13.8. The summed E-state index contributed by atoms with van der Waals surface area (Å²) in [5.74, 6) is -0.524. The first kappa shape index (κ1) is 27.0. The second-order valence-corrected chi connectivity index (χ2v) is 11.8. The predicted octanol–water partition coefficient (Wildman–Crippen LogP) is 5.59. The first-order valence-electron chi connectivity index (χ1n) is 13.9. The van der Waals surface area contributed by atoms with Crippen LogP contribution in [0, 0.1) is 5.92 Å². The van der Waals surface area contributed by atoms with Gasteiger partial charge in [0.2, 0.25) is 0 Å². The third-order valence-electron chi connectivity index (χ3n) is 8.03. The van der Waals surface area contributed by atoms with Gasteiger partial charge in [-0.15, -0.1) is 0 Å². The summed E-state index contributed by atoms with van der Waals surface area (Å²) in [6.45, 7) is 6.71. The molecule has 0 spiro atoms. The predicted molar refractivity (Wildman–Crippen MR) is 146 cm³/mol. The van der Waals surface area contributed by atoms with E-state index < -0.39 is 11.7 Å². The molecule has 2 aliphatic carbocycles. The van der Waals surface area contributed by atoms with Crippen LogP contribution in [0.5, 0.6) is 0 Å². The highest BCUT2D eigenvalue weighted by Crippen LogP contribution is 2.45. The van der Waals surface area contributed by atoms with Gasteiger partial charge in [0.05, 0.1) is 19.1 Å². The molecule has 1 heterocycles. The van der Waals surface area contributed by atoms with E-state index >= 15 is 0 Å². The number of methoxy groups -OCH3 is 1. The summed E-state index contributed by atoms with van der Waals surface area (Å²) in [4.78, 5) is 42.1. The van der Waals surface area contributed by atoms with Crippen LogP contribution in [0.1, 0.15) is 63.5 Å². The molecule has 2 amide bonds. The zero-order valence-electron chi connectivity index (χ0n) is 23.2. The first-order chi connectivity index (χ1) is 18.7. The Morgan fingerprint density at radius 3 is 2.15 bits per heavy atom. The summed E-state index contributed by atoms with van der Waals surface area (Å²) < 4.78 is 16.6. The summed E-state index contributed by atoms with van der Waals surface area (Å²) in [7, 11) is 1.39. The molecule has 0 bridgehead atoms. The Morgan fingerprint density at radius 1 is 0.949 bits per heavy atom. The summed E-state index contributed by atoms with van der Waals surface area (Å²) in [5.41, 5.74) is 4.05. The van der Waals surface area contributed by atoms with Crippen molar-refractivity contribution >= 4 is 18.2 Å². The highest BCUT2D eigenvalue weighted by Gasteiger charge is 2.45.